The summed E-state index contributed by atoms with van der Waals surface area (Å²) < 4.78 is 5.86. The van der Waals surface area contributed by atoms with Crippen LogP contribution >= 0.6 is 0 Å². The van der Waals surface area contributed by atoms with E-state index in [0.717, 1.165) is 13.2 Å². The molecule has 2 nitrogen and oxygen atoms in total. The molecule has 0 saturated carbocycles. The average Bonchev–Trinajstić information content (AvgIpc) is 2.44. The fourth-order valence-electron chi connectivity index (χ4n) is 2.74. The van der Waals surface area contributed by atoms with Crippen molar-refractivity contribution < 1.29 is 4.74 Å². The van der Waals surface area contributed by atoms with Crippen molar-refractivity contribution in [3.8, 4) is 0 Å². The summed E-state index contributed by atoms with van der Waals surface area (Å²) in [5.41, 5.74) is 3.97. The molecule has 0 heterocycles. The molecule has 0 aliphatic heterocycles. The van der Waals surface area contributed by atoms with Gasteiger partial charge in [-0.05, 0) is 32.9 Å². The summed E-state index contributed by atoms with van der Waals surface area (Å²) in [6.07, 6.45) is 7.90. The first-order valence-electron chi connectivity index (χ1n) is 8.50. The summed E-state index contributed by atoms with van der Waals surface area (Å²) in [5, 5.41) is 3.37. The van der Waals surface area contributed by atoms with E-state index < -0.39 is 0 Å². The Bertz CT molecular complexity index is 369. The van der Waals surface area contributed by atoms with Crippen molar-refractivity contribution in [2.45, 2.75) is 65.3 Å². The molecule has 0 spiro atoms. The third kappa shape index (κ3) is 7.63. The lowest BCUT2D eigenvalue weighted by molar-refractivity contribution is 0.110. The summed E-state index contributed by atoms with van der Waals surface area (Å²) >= 11 is 0. The predicted molar refractivity (Wildman–Crippen MR) is 91.9 cm³/mol. The van der Waals surface area contributed by atoms with Crippen LogP contribution in [-0.2, 0) is 4.74 Å². The first-order valence-corrected chi connectivity index (χ1v) is 8.50. The monoisotopic (exact) mass is 291 g/mol. The minimum Gasteiger partial charge on any atom is -0.379 e. The zero-order chi connectivity index (χ0) is 15.5. The maximum Gasteiger partial charge on any atom is 0.0661 e. The summed E-state index contributed by atoms with van der Waals surface area (Å²) in [7, 11) is 2.01. The number of benzene rings is 1. The topological polar surface area (TPSA) is 21.3 Å². The molecular weight excluding hydrogens is 258 g/mol. The molecule has 0 fully saturated rings. The molecule has 1 unspecified atom stereocenters. The SMILES string of the molecule is CCCCCCCCOCC(NC)c1cc(C)cc(C)c1. The second-order valence-electron chi connectivity index (χ2n) is 6.10. The van der Waals surface area contributed by atoms with Crippen LogP contribution in [0.1, 0.15) is 68.2 Å². The van der Waals surface area contributed by atoms with Crippen molar-refractivity contribution >= 4 is 0 Å². The predicted octanol–water partition coefficient (Wildman–Crippen LogP) is 4.94. The molecule has 0 saturated heterocycles. The first-order chi connectivity index (χ1) is 10.2. The highest BCUT2D eigenvalue weighted by Gasteiger charge is 2.10. The van der Waals surface area contributed by atoms with Gasteiger partial charge >= 0.3 is 0 Å². The van der Waals surface area contributed by atoms with E-state index in [4.69, 9.17) is 4.74 Å². The molecule has 0 aliphatic carbocycles. The third-order valence-electron chi connectivity index (χ3n) is 3.92. The van der Waals surface area contributed by atoms with Gasteiger partial charge in [-0.15, -0.1) is 0 Å². The lowest BCUT2D eigenvalue weighted by Gasteiger charge is -2.18. The Hall–Kier alpha value is -0.860. The van der Waals surface area contributed by atoms with E-state index in [1.807, 2.05) is 7.05 Å². The van der Waals surface area contributed by atoms with Crippen molar-refractivity contribution in [3.05, 3.63) is 34.9 Å². The Kier molecular flexibility index (Phi) is 9.36. The van der Waals surface area contributed by atoms with Crippen LogP contribution in [0.3, 0.4) is 0 Å². The number of aryl methyl sites for hydroxylation is 2. The van der Waals surface area contributed by atoms with Gasteiger partial charge in [0.15, 0.2) is 0 Å². The molecule has 21 heavy (non-hydrogen) atoms. The van der Waals surface area contributed by atoms with Crippen LogP contribution in [0, 0.1) is 13.8 Å². The number of unbranched alkanes of at least 4 members (excludes halogenated alkanes) is 5. The maximum absolute atomic E-state index is 5.86. The lowest BCUT2D eigenvalue weighted by Crippen LogP contribution is -2.22. The normalized spacial score (nSPS) is 12.6. The molecule has 1 rings (SSSR count). The van der Waals surface area contributed by atoms with E-state index >= 15 is 0 Å². The average molecular weight is 291 g/mol. The minimum atomic E-state index is 0.295. The Balaban J connectivity index is 2.25. The second-order valence-corrected chi connectivity index (χ2v) is 6.10. The Morgan fingerprint density at radius 2 is 1.57 bits per heavy atom. The quantitative estimate of drug-likeness (QED) is 0.583. The van der Waals surface area contributed by atoms with Crippen LogP contribution in [0.15, 0.2) is 18.2 Å². The van der Waals surface area contributed by atoms with Gasteiger partial charge in [0.25, 0.3) is 0 Å². The molecule has 0 aliphatic rings. The van der Waals surface area contributed by atoms with Gasteiger partial charge in [-0.25, -0.2) is 0 Å². The number of likely N-dealkylation sites (N-methyl/N-ethyl adjacent to an activating group) is 1. The van der Waals surface area contributed by atoms with E-state index in [-0.39, 0.29) is 0 Å². The first kappa shape index (κ1) is 18.2. The summed E-state index contributed by atoms with van der Waals surface area (Å²) in [4.78, 5) is 0. The van der Waals surface area contributed by atoms with Crippen molar-refractivity contribution in [3.63, 3.8) is 0 Å². The minimum absolute atomic E-state index is 0.295. The molecule has 0 amide bonds. The van der Waals surface area contributed by atoms with Gasteiger partial charge in [-0.2, -0.15) is 0 Å². The highest BCUT2D eigenvalue weighted by Crippen LogP contribution is 2.17. The molecule has 0 radical (unpaired) electrons. The highest BCUT2D eigenvalue weighted by molar-refractivity contribution is 5.30. The fourth-order valence-corrected chi connectivity index (χ4v) is 2.74. The van der Waals surface area contributed by atoms with Gasteiger partial charge in [-0.1, -0.05) is 68.4 Å². The van der Waals surface area contributed by atoms with Gasteiger partial charge in [0.05, 0.1) is 12.6 Å². The van der Waals surface area contributed by atoms with Crippen LogP contribution in [-0.4, -0.2) is 20.3 Å². The fraction of sp³-hybridized carbons (Fsp3) is 0.684. The number of hydrogen-bond acceptors (Lipinski definition) is 2. The smallest absolute Gasteiger partial charge is 0.0661 e. The summed E-state index contributed by atoms with van der Waals surface area (Å²) in [5.74, 6) is 0. The van der Waals surface area contributed by atoms with E-state index in [1.165, 1.54) is 55.2 Å². The molecule has 2 heteroatoms. The van der Waals surface area contributed by atoms with Crippen LogP contribution in [0.2, 0.25) is 0 Å². The summed E-state index contributed by atoms with van der Waals surface area (Å²) in [6, 6.07) is 7.02. The molecule has 120 valence electrons. The molecule has 0 bridgehead atoms. The highest BCUT2D eigenvalue weighted by atomic mass is 16.5. The summed E-state index contributed by atoms with van der Waals surface area (Å²) in [6.45, 7) is 8.21. The van der Waals surface area contributed by atoms with E-state index in [0.29, 0.717) is 6.04 Å². The molecule has 1 N–H and O–H groups in total. The van der Waals surface area contributed by atoms with Gasteiger partial charge in [0.2, 0.25) is 0 Å². The number of hydrogen-bond donors (Lipinski definition) is 1. The Morgan fingerprint density at radius 3 is 2.19 bits per heavy atom. The maximum atomic E-state index is 5.86. The molecule has 1 aromatic rings. The van der Waals surface area contributed by atoms with E-state index in [9.17, 15) is 0 Å². The second kappa shape index (κ2) is 10.8. The van der Waals surface area contributed by atoms with Crippen LogP contribution in [0.4, 0.5) is 0 Å². The van der Waals surface area contributed by atoms with E-state index in [1.54, 1.807) is 0 Å². The number of nitrogens with one attached hydrogen (secondary N) is 1. The Labute approximate surface area is 131 Å². The van der Waals surface area contributed by atoms with Crippen LogP contribution in [0.5, 0.6) is 0 Å². The van der Waals surface area contributed by atoms with Gasteiger partial charge < -0.3 is 10.1 Å². The number of ether oxygens (including phenoxy) is 1. The lowest BCUT2D eigenvalue weighted by atomic mass is 10.0. The third-order valence-corrected chi connectivity index (χ3v) is 3.92. The largest absolute Gasteiger partial charge is 0.379 e. The molecular formula is C19H33NO. The van der Waals surface area contributed by atoms with Gasteiger partial charge in [0.1, 0.15) is 0 Å². The van der Waals surface area contributed by atoms with Crippen molar-refractivity contribution in [1.82, 2.24) is 5.32 Å². The number of rotatable bonds is 11. The zero-order valence-electron chi connectivity index (χ0n) is 14.4. The van der Waals surface area contributed by atoms with Crippen LogP contribution in [0.25, 0.3) is 0 Å². The van der Waals surface area contributed by atoms with Crippen LogP contribution < -0.4 is 5.32 Å². The molecule has 0 aromatic heterocycles. The van der Waals surface area contributed by atoms with Crippen molar-refractivity contribution in [1.29, 1.82) is 0 Å². The molecule has 1 atom stereocenters. The van der Waals surface area contributed by atoms with Gasteiger partial charge in [-0.3, -0.25) is 0 Å². The zero-order valence-corrected chi connectivity index (χ0v) is 14.4. The molecule has 1 aromatic carbocycles. The van der Waals surface area contributed by atoms with Crippen molar-refractivity contribution in [2.24, 2.45) is 0 Å². The standard InChI is InChI=1S/C19H33NO/c1-5-6-7-8-9-10-11-21-15-19(20-4)18-13-16(2)12-17(3)14-18/h12-14,19-20H,5-11,15H2,1-4H3. The van der Waals surface area contributed by atoms with E-state index in [2.05, 4.69) is 44.3 Å². The Morgan fingerprint density at radius 1 is 0.952 bits per heavy atom. The van der Waals surface area contributed by atoms with Crippen molar-refractivity contribution in [2.75, 3.05) is 20.3 Å². The van der Waals surface area contributed by atoms with Gasteiger partial charge in [0, 0.05) is 6.61 Å².